The Bertz CT molecular complexity index is 767. The minimum atomic E-state index is -0.247. The molecule has 0 aliphatic heterocycles. The maximum absolute atomic E-state index is 13.0. The highest BCUT2D eigenvalue weighted by atomic mass is 19.1. The van der Waals surface area contributed by atoms with E-state index in [0.717, 1.165) is 34.4 Å². The van der Waals surface area contributed by atoms with Crippen LogP contribution in [-0.2, 0) is 6.42 Å². The molecule has 0 saturated carbocycles. The van der Waals surface area contributed by atoms with E-state index in [9.17, 15) is 4.39 Å². The van der Waals surface area contributed by atoms with Crippen molar-refractivity contribution in [3.8, 4) is 11.3 Å². The van der Waals surface area contributed by atoms with E-state index >= 15 is 0 Å². The van der Waals surface area contributed by atoms with Crippen molar-refractivity contribution in [2.75, 3.05) is 0 Å². The third-order valence-electron chi connectivity index (χ3n) is 3.30. The summed E-state index contributed by atoms with van der Waals surface area (Å²) in [5, 5.41) is 0. The number of halogens is 1. The average molecular weight is 281 g/mol. The Morgan fingerprint density at radius 2 is 1.76 bits per heavy atom. The van der Waals surface area contributed by atoms with E-state index in [1.165, 1.54) is 12.1 Å². The fraction of sp³-hybridized carbons (Fsp3) is 0.235. The van der Waals surface area contributed by atoms with Gasteiger partial charge >= 0.3 is 0 Å². The van der Waals surface area contributed by atoms with Crippen LogP contribution < -0.4 is 0 Å². The van der Waals surface area contributed by atoms with Crippen LogP contribution in [0.3, 0.4) is 0 Å². The second-order valence-corrected chi connectivity index (χ2v) is 5.49. The standard InChI is InChI=1S/C17H16FN3/c1-11(2)9-16-17-15(19-10-20-16)8-7-14(21-17)12-3-5-13(18)6-4-12/h3-8,10-11H,9H2,1-2H3. The zero-order chi connectivity index (χ0) is 14.8. The minimum absolute atomic E-state index is 0.247. The molecule has 0 unspecified atom stereocenters. The van der Waals surface area contributed by atoms with Gasteiger partial charge in [0.05, 0.1) is 16.9 Å². The van der Waals surface area contributed by atoms with Crippen molar-refractivity contribution in [1.82, 2.24) is 15.0 Å². The van der Waals surface area contributed by atoms with E-state index in [0.29, 0.717) is 5.92 Å². The molecule has 0 bridgehead atoms. The topological polar surface area (TPSA) is 38.7 Å². The molecule has 0 fully saturated rings. The normalized spacial score (nSPS) is 11.2. The quantitative estimate of drug-likeness (QED) is 0.727. The molecule has 0 radical (unpaired) electrons. The average Bonchev–Trinajstić information content (AvgIpc) is 2.47. The monoisotopic (exact) mass is 281 g/mol. The Labute approximate surface area is 122 Å². The second kappa shape index (κ2) is 5.56. The van der Waals surface area contributed by atoms with Crippen molar-refractivity contribution in [3.05, 3.63) is 54.2 Å². The van der Waals surface area contributed by atoms with Crippen LogP contribution >= 0.6 is 0 Å². The van der Waals surface area contributed by atoms with E-state index in [-0.39, 0.29) is 5.82 Å². The molecule has 0 saturated heterocycles. The number of nitrogens with zero attached hydrogens (tertiary/aromatic N) is 3. The summed E-state index contributed by atoms with van der Waals surface area (Å²) in [6.07, 6.45) is 2.44. The van der Waals surface area contributed by atoms with E-state index < -0.39 is 0 Å². The third-order valence-corrected chi connectivity index (χ3v) is 3.30. The molecule has 106 valence electrons. The first-order valence-electron chi connectivity index (χ1n) is 7.00. The van der Waals surface area contributed by atoms with Crippen LogP contribution in [-0.4, -0.2) is 15.0 Å². The fourth-order valence-corrected chi connectivity index (χ4v) is 2.31. The highest BCUT2D eigenvalue weighted by Crippen LogP contribution is 2.22. The van der Waals surface area contributed by atoms with Crippen molar-refractivity contribution in [3.63, 3.8) is 0 Å². The van der Waals surface area contributed by atoms with Crippen molar-refractivity contribution < 1.29 is 4.39 Å². The Kier molecular flexibility index (Phi) is 3.60. The van der Waals surface area contributed by atoms with Crippen molar-refractivity contribution in [2.24, 2.45) is 5.92 Å². The van der Waals surface area contributed by atoms with Gasteiger partial charge in [-0.15, -0.1) is 0 Å². The molecule has 3 aromatic rings. The predicted molar refractivity (Wildman–Crippen MR) is 81.3 cm³/mol. The van der Waals surface area contributed by atoms with Crippen LogP contribution in [0.2, 0.25) is 0 Å². The van der Waals surface area contributed by atoms with Gasteiger partial charge in [0.1, 0.15) is 17.7 Å². The van der Waals surface area contributed by atoms with Crippen LogP contribution in [0.4, 0.5) is 4.39 Å². The minimum Gasteiger partial charge on any atom is -0.244 e. The molecule has 0 spiro atoms. The molecule has 3 nitrogen and oxygen atoms in total. The molecule has 4 heteroatoms. The Morgan fingerprint density at radius 3 is 2.48 bits per heavy atom. The van der Waals surface area contributed by atoms with E-state index in [1.807, 2.05) is 12.1 Å². The molecule has 0 N–H and O–H groups in total. The summed E-state index contributed by atoms with van der Waals surface area (Å²) in [5.74, 6) is 0.253. The zero-order valence-electron chi connectivity index (χ0n) is 12.0. The van der Waals surface area contributed by atoms with Gasteiger partial charge in [-0.3, -0.25) is 0 Å². The van der Waals surface area contributed by atoms with Gasteiger partial charge < -0.3 is 0 Å². The van der Waals surface area contributed by atoms with Crippen LogP contribution in [0.5, 0.6) is 0 Å². The van der Waals surface area contributed by atoms with Crippen LogP contribution in [0.25, 0.3) is 22.3 Å². The first-order valence-corrected chi connectivity index (χ1v) is 7.00. The van der Waals surface area contributed by atoms with E-state index in [1.54, 1.807) is 18.5 Å². The molecule has 3 rings (SSSR count). The fourth-order valence-electron chi connectivity index (χ4n) is 2.31. The van der Waals surface area contributed by atoms with E-state index in [2.05, 4.69) is 28.8 Å². The summed E-state index contributed by atoms with van der Waals surface area (Å²) in [6, 6.07) is 10.2. The van der Waals surface area contributed by atoms with Crippen molar-refractivity contribution in [2.45, 2.75) is 20.3 Å². The van der Waals surface area contributed by atoms with Crippen molar-refractivity contribution in [1.29, 1.82) is 0 Å². The maximum Gasteiger partial charge on any atom is 0.123 e. The molecule has 0 amide bonds. The lowest BCUT2D eigenvalue weighted by molar-refractivity contribution is 0.628. The van der Waals surface area contributed by atoms with Gasteiger partial charge in [-0.05, 0) is 48.7 Å². The van der Waals surface area contributed by atoms with Crippen LogP contribution in [0.15, 0.2) is 42.7 Å². The first-order chi connectivity index (χ1) is 10.1. The lowest BCUT2D eigenvalue weighted by Crippen LogP contribution is -2.01. The molecule has 0 aliphatic carbocycles. The molecule has 0 aliphatic rings. The van der Waals surface area contributed by atoms with Gasteiger partial charge in [0.2, 0.25) is 0 Å². The van der Waals surface area contributed by atoms with Gasteiger partial charge in [0.25, 0.3) is 0 Å². The van der Waals surface area contributed by atoms with Gasteiger partial charge in [0.15, 0.2) is 0 Å². The molecular formula is C17H16FN3. The smallest absolute Gasteiger partial charge is 0.123 e. The molecule has 21 heavy (non-hydrogen) atoms. The highest BCUT2D eigenvalue weighted by Gasteiger charge is 2.09. The zero-order valence-corrected chi connectivity index (χ0v) is 12.0. The summed E-state index contributed by atoms with van der Waals surface area (Å²) in [4.78, 5) is 13.3. The number of benzene rings is 1. The summed E-state index contributed by atoms with van der Waals surface area (Å²) in [6.45, 7) is 4.30. The van der Waals surface area contributed by atoms with Crippen LogP contribution in [0.1, 0.15) is 19.5 Å². The molecule has 2 heterocycles. The van der Waals surface area contributed by atoms with Gasteiger partial charge in [-0.1, -0.05) is 13.8 Å². The SMILES string of the molecule is CC(C)Cc1ncnc2ccc(-c3ccc(F)cc3)nc12. The van der Waals surface area contributed by atoms with Gasteiger partial charge in [-0.2, -0.15) is 0 Å². The summed E-state index contributed by atoms with van der Waals surface area (Å²) in [7, 11) is 0. The molecular weight excluding hydrogens is 265 g/mol. The number of pyridine rings is 1. The van der Waals surface area contributed by atoms with Gasteiger partial charge in [0, 0.05) is 5.56 Å². The Hall–Kier alpha value is -2.36. The number of rotatable bonds is 3. The lowest BCUT2D eigenvalue weighted by atomic mass is 10.1. The second-order valence-electron chi connectivity index (χ2n) is 5.49. The van der Waals surface area contributed by atoms with E-state index in [4.69, 9.17) is 0 Å². The van der Waals surface area contributed by atoms with Gasteiger partial charge in [-0.25, -0.2) is 19.3 Å². The number of hydrogen-bond acceptors (Lipinski definition) is 3. The van der Waals surface area contributed by atoms with Crippen molar-refractivity contribution >= 4 is 11.0 Å². The summed E-state index contributed by atoms with van der Waals surface area (Å²) >= 11 is 0. The summed E-state index contributed by atoms with van der Waals surface area (Å²) < 4.78 is 13.0. The molecule has 1 aromatic carbocycles. The lowest BCUT2D eigenvalue weighted by Gasteiger charge is -2.08. The first kappa shape index (κ1) is 13.6. The Morgan fingerprint density at radius 1 is 1.00 bits per heavy atom. The molecule has 2 aromatic heterocycles. The number of fused-ring (bicyclic) bond motifs is 1. The third kappa shape index (κ3) is 2.89. The number of aromatic nitrogens is 3. The highest BCUT2D eigenvalue weighted by molar-refractivity contribution is 5.79. The molecule has 0 atom stereocenters. The largest absolute Gasteiger partial charge is 0.244 e. The Balaban J connectivity index is 2.11. The van der Waals surface area contributed by atoms with Crippen LogP contribution in [0, 0.1) is 11.7 Å². The predicted octanol–water partition coefficient (Wildman–Crippen LogP) is 4.03. The maximum atomic E-state index is 13.0. The number of hydrogen-bond donors (Lipinski definition) is 0. The summed E-state index contributed by atoms with van der Waals surface area (Å²) in [5.41, 5.74) is 4.32.